The molecule has 0 aliphatic carbocycles. The van der Waals surface area contributed by atoms with Gasteiger partial charge in [-0.1, -0.05) is 12.1 Å². The fraction of sp³-hybridized carbons (Fsp3) is 0. The molecule has 0 fully saturated rings. The molecule has 0 bridgehead atoms. The molecule has 26 heavy (non-hydrogen) atoms. The molecule has 0 spiro atoms. The van der Waals surface area contributed by atoms with Crippen LogP contribution >= 0.6 is 0 Å². The molecule has 0 saturated carbocycles. The van der Waals surface area contributed by atoms with Gasteiger partial charge in [0.15, 0.2) is 0 Å². The predicted molar refractivity (Wildman–Crippen MR) is 94.6 cm³/mol. The average Bonchev–Trinajstić information content (AvgIpc) is 2.61. The molecular weight excluding hydrogens is 340 g/mol. The fourth-order valence-electron chi connectivity index (χ4n) is 2.00. The molecule has 2 aromatic rings. The van der Waals surface area contributed by atoms with Crippen LogP contribution in [-0.2, 0) is 4.79 Å². The first-order valence-corrected chi connectivity index (χ1v) is 7.27. The van der Waals surface area contributed by atoms with Gasteiger partial charge in [-0.15, -0.1) is 0 Å². The monoisotopic (exact) mass is 356 g/mol. The minimum atomic E-state index is -0.698. The molecule has 0 saturated heterocycles. The summed E-state index contributed by atoms with van der Waals surface area (Å²) < 4.78 is 0. The predicted octanol–water partition coefficient (Wildman–Crippen LogP) is 0.963. The van der Waals surface area contributed by atoms with Gasteiger partial charge >= 0.3 is 0 Å². The Hall–Kier alpha value is -3.85. The van der Waals surface area contributed by atoms with Crippen molar-refractivity contribution in [3.8, 4) is 11.5 Å². The molecule has 2 rings (SSSR count). The van der Waals surface area contributed by atoms with Crippen molar-refractivity contribution in [2.24, 2.45) is 5.10 Å². The van der Waals surface area contributed by atoms with Crippen LogP contribution in [0.3, 0.4) is 0 Å². The smallest absolute Gasteiger partial charge is 0.271 e. The van der Waals surface area contributed by atoms with Crippen molar-refractivity contribution in [1.82, 2.24) is 10.9 Å². The molecule has 9 nitrogen and oxygen atoms in total. The normalized spacial score (nSPS) is 11.0. The number of rotatable bonds is 5. The standard InChI is InChI=1S/C17H16N4O5/c18-14-7-12(22)8-15(23)13(14)9-19-20-17(25)11-3-1-2-10(6-11)4-5-16(24)21-26/h1-9,22-23,26H,18H2,(H,20,25)(H,21,24). The quantitative estimate of drug-likeness (QED) is 0.154. The molecule has 134 valence electrons. The number of nitrogens with zero attached hydrogens (tertiary/aromatic N) is 1. The van der Waals surface area contributed by atoms with Crippen molar-refractivity contribution in [1.29, 1.82) is 0 Å². The van der Waals surface area contributed by atoms with E-state index in [0.29, 0.717) is 5.56 Å². The van der Waals surface area contributed by atoms with Gasteiger partial charge in [0.05, 0.1) is 11.8 Å². The zero-order chi connectivity index (χ0) is 19.1. The van der Waals surface area contributed by atoms with Gasteiger partial charge in [-0.25, -0.2) is 10.9 Å². The van der Waals surface area contributed by atoms with Crippen LogP contribution in [0.1, 0.15) is 21.5 Å². The summed E-state index contributed by atoms with van der Waals surface area (Å²) in [7, 11) is 0. The molecule has 0 heterocycles. The number of hydrogen-bond donors (Lipinski definition) is 6. The Balaban J connectivity index is 2.09. The van der Waals surface area contributed by atoms with E-state index >= 15 is 0 Å². The van der Waals surface area contributed by atoms with E-state index in [1.807, 2.05) is 0 Å². The number of phenolic OH excluding ortho intramolecular Hbond substituents is 2. The lowest BCUT2D eigenvalue weighted by atomic mass is 10.1. The molecule has 0 aliphatic rings. The summed E-state index contributed by atoms with van der Waals surface area (Å²) in [5.41, 5.74) is 10.5. The summed E-state index contributed by atoms with van der Waals surface area (Å²) in [6, 6.07) is 8.66. The van der Waals surface area contributed by atoms with Gasteiger partial charge in [-0.3, -0.25) is 14.8 Å². The summed E-state index contributed by atoms with van der Waals surface area (Å²) in [5.74, 6) is -1.70. The lowest BCUT2D eigenvalue weighted by Gasteiger charge is -2.05. The van der Waals surface area contributed by atoms with Crippen LogP contribution < -0.4 is 16.6 Å². The van der Waals surface area contributed by atoms with Crippen LogP contribution in [0, 0.1) is 0 Å². The summed E-state index contributed by atoms with van der Waals surface area (Å²) >= 11 is 0. The van der Waals surface area contributed by atoms with Crippen LogP contribution in [0.4, 0.5) is 5.69 Å². The number of phenols is 2. The first-order valence-electron chi connectivity index (χ1n) is 7.27. The van der Waals surface area contributed by atoms with Crippen molar-refractivity contribution in [2.45, 2.75) is 0 Å². The van der Waals surface area contributed by atoms with E-state index in [1.54, 1.807) is 18.2 Å². The Labute approximate surface area is 148 Å². The lowest BCUT2D eigenvalue weighted by Crippen LogP contribution is -2.17. The second kappa shape index (κ2) is 8.31. The summed E-state index contributed by atoms with van der Waals surface area (Å²) in [5, 5.41) is 31.2. The van der Waals surface area contributed by atoms with Crippen molar-refractivity contribution < 1.29 is 25.0 Å². The Morgan fingerprint density at radius 2 is 1.92 bits per heavy atom. The Bertz CT molecular complexity index is 869. The van der Waals surface area contributed by atoms with E-state index < -0.39 is 11.8 Å². The van der Waals surface area contributed by atoms with Gasteiger partial charge in [-0.2, -0.15) is 5.10 Å². The SMILES string of the molecule is Nc1cc(O)cc(O)c1C=NNC(=O)c1cccc(C=CC(=O)NO)c1. The van der Waals surface area contributed by atoms with E-state index in [0.717, 1.165) is 18.4 Å². The van der Waals surface area contributed by atoms with E-state index in [2.05, 4.69) is 10.5 Å². The molecule has 0 aliphatic heterocycles. The lowest BCUT2D eigenvalue weighted by molar-refractivity contribution is -0.124. The summed E-state index contributed by atoms with van der Waals surface area (Å²) in [6.45, 7) is 0. The van der Waals surface area contributed by atoms with E-state index in [1.165, 1.54) is 23.7 Å². The Morgan fingerprint density at radius 3 is 2.62 bits per heavy atom. The average molecular weight is 356 g/mol. The van der Waals surface area contributed by atoms with Gasteiger partial charge in [0.1, 0.15) is 11.5 Å². The number of hydrogen-bond acceptors (Lipinski definition) is 7. The third kappa shape index (κ3) is 4.82. The largest absolute Gasteiger partial charge is 0.508 e. The summed E-state index contributed by atoms with van der Waals surface area (Å²) in [4.78, 5) is 23.1. The zero-order valence-electron chi connectivity index (χ0n) is 13.4. The third-order valence-electron chi connectivity index (χ3n) is 3.22. The van der Waals surface area contributed by atoms with Crippen molar-refractivity contribution in [3.05, 3.63) is 59.2 Å². The molecule has 7 N–H and O–H groups in total. The number of nitrogens with one attached hydrogen (secondary N) is 2. The van der Waals surface area contributed by atoms with Crippen LogP contribution in [0.15, 0.2) is 47.6 Å². The highest BCUT2D eigenvalue weighted by Gasteiger charge is 2.07. The zero-order valence-corrected chi connectivity index (χ0v) is 13.4. The van der Waals surface area contributed by atoms with Crippen LogP contribution in [0.25, 0.3) is 6.08 Å². The van der Waals surface area contributed by atoms with E-state index in [9.17, 15) is 19.8 Å². The second-order valence-electron chi connectivity index (χ2n) is 5.10. The van der Waals surface area contributed by atoms with Crippen LogP contribution in [-0.4, -0.2) is 33.4 Å². The Morgan fingerprint density at radius 1 is 1.15 bits per heavy atom. The molecular formula is C17H16N4O5. The number of nitrogen functional groups attached to an aromatic ring is 1. The number of carbonyl (C=O) groups is 2. The number of hydrazone groups is 1. The minimum Gasteiger partial charge on any atom is -0.508 e. The molecule has 0 atom stereocenters. The molecule has 2 amide bonds. The third-order valence-corrected chi connectivity index (χ3v) is 3.22. The first-order chi connectivity index (χ1) is 12.4. The number of nitrogens with two attached hydrogens (primary N) is 1. The molecule has 9 heteroatoms. The van der Waals surface area contributed by atoms with Crippen molar-refractivity contribution in [2.75, 3.05) is 5.73 Å². The minimum absolute atomic E-state index is 0.0924. The molecule has 0 radical (unpaired) electrons. The number of carbonyl (C=O) groups excluding carboxylic acids is 2. The van der Waals surface area contributed by atoms with Crippen LogP contribution in [0.5, 0.6) is 11.5 Å². The molecule has 2 aromatic carbocycles. The van der Waals surface area contributed by atoms with Crippen molar-refractivity contribution in [3.63, 3.8) is 0 Å². The fourth-order valence-corrected chi connectivity index (χ4v) is 2.00. The maximum absolute atomic E-state index is 12.1. The van der Waals surface area contributed by atoms with Crippen molar-refractivity contribution >= 4 is 29.8 Å². The molecule has 0 unspecified atom stereocenters. The number of aromatic hydroxyl groups is 2. The number of hydroxylamine groups is 1. The second-order valence-corrected chi connectivity index (χ2v) is 5.10. The van der Waals surface area contributed by atoms with E-state index in [-0.39, 0.29) is 28.3 Å². The summed E-state index contributed by atoms with van der Waals surface area (Å²) in [6.07, 6.45) is 3.67. The highest BCUT2D eigenvalue weighted by molar-refractivity contribution is 5.97. The highest BCUT2D eigenvalue weighted by Crippen LogP contribution is 2.27. The number of benzene rings is 2. The number of anilines is 1. The van der Waals surface area contributed by atoms with Gasteiger partial charge in [0.2, 0.25) is 0 Å². The molecule has 0 aromatic heterocycles. The maximum Gasteiger partial charge on any atom is 0.271 e. The van der Waals surface area contributed by atoms with E-state index in [4.69, 9.17) is 10.9 Å². The number of amides is 2. The first kappa shape index (κ1) is 18.5. The maximum atomic E-state index is 12.1. The van der Waals surface area contributed by atoms with Gasteiger partial charge in [0.25, 0.3) is 11.8 Å². The van der Waals surface area contributed by atoms with Gasteiger partial charge in [0, 0.05) is 29.5 Å². The topological polar surface area (TPSA) is 157 Å². The van der Waals surface area contributed by atoms with Gasteiger partial charge < -0.3 is 15.9 Å². The highest BCUT2D eigenvalue weighted by atomic mass is 16.5. The van der Waals surface area contributed by atoms with Crippen LogP contribution in [0.2, 0.25) is 0 Å². The Kier molecular flexibility index (Phi) is 5.91. The van der Waals surface area contributed by atoms with Gasteiger partial charge in [-0.05, 0) is 23.8 Å².